The lowest BCUT2D eigenvalue weighted by molar-refractivity contribution is -0.118. The molecule has 1 aliphatic rings. The van der Waals surface area contributed by atoms with Crippen LogP contribution in [0.25, 0.3) is 0 Å². The van der Waals surface area contributed by atoms with Crippen molar-refractivity contribution in [3.8, 4) is 0 Å². The highest BCUT2D eigenvalue weighted by Gasteiger charge is 2.29. The monoisotopic (exact) mass is 224 g/mol. The Labute approximate surface area is 93.8 Å². The highest BCUT2D eigenvalue weighted by atomic mass is 35.5. The van der Waals surface area contributed by atoms with Crippen LogP contribution in [0.2, 0.25) is 5.02 Å². The summed E-state index contributed by atoms with van der Waals surface area (Å²) in [6.45, 7) is 2.61. The summed E-state index contributed by atoms with van der Waals surface area (Å²) in [7, 11) is 0. The van der Waals surface area contributed by atoms with E-state index in [9.17, 15) is 4.79 Å². The summed E-state index contributed by atoms with van der Waals surface area (Å²) in [6.07, 6.45) is 0.713. The molecular weight excluding hydrogens is 212 g/mol. The highest BCUT2D eigenvalue weighted by molar-refractivity contribution is 6.31. The zero-order chi connectivity index (χ0) is 11.0. The van der Waals surface area contributed by atoms with E-state index >= 15 is 0 Å². The van der Waals surface area contributed by atoms with Crippen molar-refractivity contribution in [2.75, 3.05) is 11.4 Å². The second-order valence-corrected chi connectivity index (χ2v) is 4.23. The normalized spacial score (nSPS) is 21.1. The summed E-state index contributed by atoms with van der Waals surface area (Å²) in [4.78, 5) is 13.4. The van der Waals surface area contributed by atoms with Gasteiger partial charge in [-0.15, -0.1) is 0 Å². The van der Waals surface area contributed by atoms with Crippen LogP contribution in [0.1, 0.15) is 12.0 Å². The molecule has 0 aliphatic carbocycles. The number of hydrogen-bond acceptors (Lipinski definition) is 2. The van der Waals surface area contributed by atoms with Gasteiger partial charge in [0.2, 0.25) is 5.91 Å². The predicted molar refractivity (Wildman–Crippen MR) is 61.1 cm³/mol. The molecule has 2 rings (SSSR count). The first-order chi connectivity index (χ1) is 7.09. The van der Waals surface area contributed by atoms with Crippen LogP contribution in [-0.2, 0) is 4.79 Å². The van der Waals surface area contributed by atoms with Gasteiger partial charge in [-0.25, -0.2) is 0 Å². The average molecular weight is 225 g/mol. The van der Waals surface area contributed by atoms with Gasteiger partial charge in [0.25, 0.3) is 0 Å². The molecule has 1 heterocycles. The molecule has 1 atom stereocenters. The van der Waals surface area contributed by atoms with E-state index in [0.717, 1.165) is 11.3 Å². The average Bonchev–Trinajstić information content (AvgIpc) is 2.53. The molecule has 0 spiro atoms. The van der Waals surface area contributed by atoms with Gasteiger partial charge in [0.05, 0.1) is 6.04 Å². The third-order valence-corrected chi connectivity index (χ3v) is 3.12. The zero-order valence-corrected chi connectivity index (χ0v) is 9.29. The second-order valence-electron chi connectivity index (χ2n) is 3.82. The van der Waals surface area contributed by atoms with Gasteiger partial charge < -0.3 is 10.6 Å². The smallest absolute Gasteiger partial charge is 0.243 e. The fourth-order valence-corrected chi connectivity index (χ4v) is 1.88. The van der Waals surface area contributed by atoms with Crippen LogP contribution in [0, 0.1) is 6.92 Å². The van der Waals surface area contributed by atoms with E-state index in [-0.39, 0.29) is 11.9 Å². The summed E-state index contributed by atoms with van der Waals surface area (Å²) in [6, 6.07) is 5.27. The van der Waals surface area contributed by atoms with Crippen LogP contribution in [0.3, 0.4) is 0 Å². The third kappa shape index (κ3) is 1.85. The van der Waals surface area contributed by atoms with Crippen LogP contribution in [0.5, 0.6) is 0 Å². The molecule has 1 fully saturated rings. The Kier molecular flexibility index (Phi) is 2.67. The molecule has 1 aliphatic heterocycles. The Morgan fingerprint density at radius 1 is 1.53 bits per heavy atom. The van der Waals surface area contributed by atoms with Gasteiger partial charge >= 0.3 is 0 Å². The van der Waals surface area contributed by atoms with E-state index in [1.165, 1.54) is 0 Å². The van der Waals surface area contributed by atoms with Crippen molar-refractivity contribution in [3.63, 3.8) is 0 Å². The molecule has 1 amide bonds. The molecule has 80 valence electrons. The van der Waals surface area contributed by atoms with Gasteiger partial charge in [-0.3, -0.25) is 4.79 Å². The molecule has 3 nitrogen and oxygen atoms in total. The lowest BCUT2D eigenvalue weighted by atomic mass is 10.2. The molecule has 0 aromatic heterocycles. The number of carbonyl (C=O) groups excluding carboxylic acids is 1. The molecule has 0 saturated carbocycles. The molecule has 0 bridgehead atoms. The maximum absolute atomic E-state index is 11.7. The maximum atomic E-state index is 11.7. The summed E-state index contributed by atoms with van der Waals surface area (Å²) >= 11 is 6.01. The van der Waals surface area contributed by atoms with E-state index in [1.807, 2.05) is 25.1 Å². The summed E-state index contributed by atoms with van der Waals surface area (Å²) in [5.41, 5.74) is 7.50. The molecule has 1 aromatic rings. The maximum Gasteiger partial charge on any atom is 0.243 e. The number of halogens is 1. The molecule has 4 heteroatoms. The highest BCUT2D eigenvalue weighted by Crippen LogP contribution is 2.26. The van der Waals surface area contributed by atoms with E-state index in [4.69, 9.17) is 17.3 Å². The third-order valence-electron chi connectivity index (χ3n) is 2.71. The Balaban J connectivity index is 2.31. The molecule has 0 radical (unpaired) electrons. The standard InChI is InChI=1S/C11H13ClN2O/c1-7-2-3-8(6-9(7)12)14-5-4-10(13)11(14)15/h2-3,6,10H,4-5,13H2,1H3. The fraction of sp³-hybridized carbons (Fsp3) is 0.364. The first-order valence-electron chi connectivity index (χ1n) is 4.92. The van der Waals surface area contributed by atoms with Gasteiger partial charge in [-0.05, 0) is 31.0 Å². The number of nitrogens with zero attached hydrogens (tertiary/aromatic N) is 1. The predicted octanol–water partition coefficient (Wildman–Crippen LogP) is 1.71. The molecule has 2 N–H and O–H groups in total. The van der Waals surface area contributed by atoms with E-state index in [0.29, 0.717) is 18.0 Å². The van der Waals surface area contributed by atoms with Crippen molar-refractivity contribution < 1.29 is 4.79 Å². The molecule has 1 aromatic carbocycles. The Morgan fingerprint density at radius 2 is 2.27 bits per heavy atom. The molecule has 15 heavy (non-hydrogen) atoms. The van der Waals surface area contributed by atoms with Crippen molar-refractivity contribution in [3.05, 3.63) is 28.8 Å². The fourth-order valence-electron chi connectivity index (χ4n) is 1.71. The first kappa shape index (κ1) is 10.5. The van der Waals surface area contributed by atoms with Crippen molar-refractivity contribution in [2.45, 2.75) is 19.4 Å². The number of carbonyl (C=O) groups is 1. The summed E-state index contributed by atoms with van der Waals surface area (Å²) in [5, 5.41) is 0.681. The van der Waals surface area contributed by atoms with Crippen molar-refractivity contribution in [1.82, 2.24) is 0 Å². The Morgan fingerprint density at radius 3 is 2.80 bits per heavy atom. The van der Waals surface area contributed by atoms with Crippen LogP contribution < -0.4 is 10.6 Å². The number of anilines is 1. The minimum absolute atomic E-state index is 0.0186. The number of amides is 1. The minimum Gasteiger partial charge on any atom is -0.320 e. The van der Waals surface area contributed by atoms with Crippen LogP contribution in [-0.4, -0.2) is 18.5 Å². The second kappa shape index (κ2) is 3.83. The number of benzene rings is 1. The van der Waals surface area contributed by atoms with Crippen LogP contribution in [0.4, 0.5) is 5.69 Å². The van der Waals surface area contributed by atoms with Gasteiger partial charge in [0, 0.05) is 17.3 Å². The Bertz CT molecular complexity index is 406. The lowest BCUT2D eigenvalue weighted by Gasteiger charge is -2.16. The molecular formula is C11H13ClN2O. The number of nitrogens with two attached hydrogens (primary N) is 1. The molecule has 1 saturated heterocycles. The van der Waals surface area contributed by atoms with Crippen LogP contribution in [0.15, 0.2) is 18.2 Å². The van der Waals surface area contributed by atoms with Crippen molar-refractivity contribution in [1.29, 1.82) is 0 Å². The van der Waals surface area contributed by atoms with Crippen molar-refractivity contribution >= 4 is 23.2 Å². The summed E-state index contributed by atoms with van der Waals surface area (Å²) < 4.78 is 0. The van der Waals surface area contributed by atoms with E-state index in [2.05, 4.69) is 0 Å². The Hall–Kier alpha value is -1.06. The van der Waals surface area contributed by atoms with Crippen LogP contribution >= 0.6 is 11.6 Å². The summed E-state index contributed by atoms with van der Waals surface area (Å²) in [5.74, 6) is -0.0186. The van der Waals surface area contributed by atoms with Crippen molar-refractivity contribution in [2.24, 2.45) is 5.73 Å². The number of rotatable bonds is 1. The van der Waals surface area contributed by atoms with Gasteiger partial charge in [0.1, 0.15) is 0 Å². The van der Waals surface area contributed by atoms with E-state index in [1.54, 1.807) is 4.90 Å². The SMILES string of the molecule is Cc1ccc(N2CCC(N)C2=O)cc1Cl. The van der Waals surface area contributed by atoms with Gasteiger partial charge in [0.15, 0.2) is 0 Å². The zero-order valence-electron chi connectivity index (χ0n) is 8.53. The first-order valence-corrected chi connectivity index (χ1v) is 5.30. The largest absolute Gasteiger partial charge is 0.320 e. The lowest BCUT2D eigenvalue weighted by Crippen LogP contribution is -2.33. The topological polar surface area (TPSA) is 46.3 Å². The van der Waals surface area contributed by atoms with Gasteiger partial charge in [-0.1, -0.05) is 17.7 Å². The molecule has 1 unspecified atom stereocenters. The van der Waals surface area contributed by atoms with E-state index < -0.39 is 0 Å². The number of hydrogen-bond donors (Lipinski definition) is 1. The number of aryl methyl sites for hydroxylation is 1. The van der Waals surface area contributed by atoms with Gasteiger partial charge in [-0.2, -0.15) is 0 Å². The minimum atomic E-state index is -0.356. The quantitative estimate of drug-likeness (QED) is 0.790.